The van der Waals surface area contributed by atoms with Crippen LogP contribution in [0.4, 0.5) is 0 Å². The van der Waals surface area contributed by atoms with Crippen LogP contribution in [0, 0.1) is 0 Å². The molecule has 0 aromatic heterocycles. The number of carbonyl (C=O) groups is 2. The maximum atomic E-state index is 11.7. The Kier molecular flexibility index (Phi) is 7.48. The van der Waals surface area contributed by atoms with Gasteiger partial charge in [-0.3, -0.25) is 9.59 Å². The van der Waals surface area contributed by atoms with Crippen LogP contribution in [0.25, 0.3) is 0 Å². The maximum absolute atomic E-state index is 11.7. The summed E-state index contributed by atoms with van der Waals surface area (Å²) in [6.07, 6.45) is 4.05. The van der Waals surface area contributed by atoms with Gasteiger partial charge < -0.3 is 15.5 Å². The van der Waals surface area contributed by atoms with Gasteiger partial charge in [0.2, 0.25) is 11.8 Å². The largest absolute Gasteiger partial charge is 0.356 e. The second kappa shape index (κ2) is 8.91. The molecule has 1 saturated heterocycles. The number of carbonyl (C=O) groups excluding carboxylic acids is 2. The van der Waals surface area contributed by atoms with Crippen LogP contribution in [-0.4, -0.2) is 48.9 Å². The van der Waals surface area contributed by atoms with E-state index < -0.39 is 0 Å². The van der Waals surface area contributed by atoms with Gasteiger partial charge in [0.1, 0.15) is 0 Å². The van der Waals surface area contributed by atoms with E-state index in [4.69, 9.17) is 0 Å². The van der Waals surface area contributed by atoms with E-state index in [9.17, 15) is 9.59 Å². The SMILES string of the molecule is CCN(CC)C(=O)CCCNC(=O)CC1CCCN1. The smallest absolute Gasteiger partial charge is 0.222 e. The van der Waals surface area contributed by atoms with Crippen LogP contribution in [0.5, 0.6) is 0 Å². The van der Waals surface area contributed by atoms with Crippen molar-refractivity contribution in [3.63, 3.8) is 0 Å². The van der Waals surface area contributed by atoms with Crippen molar-refractivity contribution < 1.29 is 9.59 Å². The first-order valence-electron chi connectivity index (χ1n) is 7.45. The molecule has 2 N–H and O–H groups in total. The number of nitrogens with one attached hydrogen (secondary N) is 2. The number of amides is 2. The Hall–Kier alpha value is -1.10. The summed E-state index contributed by atoms with van der Waals surface area (Å²) in [5, 5.41) is 6.19. The zero-order valence-electron chi connectivity index (χ0n) is 12.2. The van der Waals surface area contributed by atoms with Crippen LogP contribution in [0.15, 0.2) is 0 Å². The van der Waals surface area contributed by atoms with Crippen molar-refractivity contribution >= 4 is 11.8 Å². The van der Waals surface area contributed by atoms with E-state index in [2.05, 4.69) is 10.6 Å². The Morgan fingerprint density at radius 3 is 2.63 bits per heavy atom. The molecular formula is C14H27N3O2. The van der Waals surface area contributed by atoms with Crippen LogP contribution >= 0.6 is 0 Å². The van der Waals surface area contributed by atoms with Gasteiger partial charge in [-0.05, 0) is 39.7 Å². The van der Waals surface area contributed by atoms with Crippen LogP contribution in [0.2, 0.25) is 0 Å². The fourth-order valence-corrected chi connectivity index (χ4v) is 2.43. The molecule has 1 atom stereocenters. The molecule has 0 aliphatic carbocycles. The minimum Gasteiger partial charge on any atom is -0.356 e. The van der Waals surface area contributed by atoms with E-state index >= 15 is 0 Å². The van der Waals surface area contributed by atoms with Crippen molar-refractivity contribution in [3.05, 3.63) is 0 Å². The van der Waals surface area contributed by atoms with E-state index in [-0.39, 0.29) is 11.8 Å². The van der Waals surface area contributed by atoms with Crippen molar-refractivity contribution in [2.24, 2.45) is 0 Å². The Morgan fingerprint density at radius 1 is 1.32 bits per heavy atom. The molecule has 0 spiro atoms. The van der Waals surface area contributed by atoms with Crippen LogP contribution < -0.4 is 10.6 Å². The third-order valence-electron chi connectivity index (χ3n) is 3.60. The standard InChI is InChI=1S/C14H27N3O2/c1-3-17(4-2)14(19)8-6-10-16-13(18)11-12-7-5-9-15-12/h12,15H,3-11H2,1-2H3,(H,16,18). The van der Waals surface area contributed by atoms with Gasteiger partial charge in [0.25, 0.3) is 0 Å². The van der Waals surface area contributed by atoms with Crippen LogP contribution in [0.3, 0.4) is 0 Å². The lowest BCUT2D eigenvalue weighted by atomic mass is 10.1. The molecule has 1 heterocycles. The number of rotatable bonds is 8. The highest BCUT2D eigenvalue weighted by atomic mass is 16.2. The zero-order valence-corrected chi connectivity index (χ0v) is 12.2. The molecule has 0 radical (unpaired) electrons. The molecule has 5 heteroatoms. The first-order chi connectivity index (χ1) is 9.17. The predicted octanol–water partition coefficient (Wildman–Crippen LogP) is 0.893. The molecule has 1 aliphatic rings. The van der Waals surface area contributed by atoms with Crippen molar-refractivity contribution in [3.8, 4) is 0 Å². The normalized spacial score (nSPS) is 18.3. The summed E-state index contributed by atoms with van der Waals surface area (Å²) >= 11 is 0. The summed E-state index contributed by atoms with van der Waals surface area (Å²) in [6, 6.07) is 0.345. The van der Waals surface area contributed by atoms with Gasteiger partial charge in [0.15, 0.2) is 0 Å². The summed E-state index contributed by atoms with van der Waals surface area (Å²) in [7, 11) is 0. The minimum atomic E-state index is 0.0923. The Balaban J connectivity index is 2.06. The average molecular weight is 269 g/mol. The molecule has 0 saturated carbocycles. The van der Waals surface area contributed by atoms with Gasteiger partial charge >= 0.3 is 0 Å². The quantitative estimate of drug-likeness (QED) is 0.643. The fraction of sp³-hybridized carbons (Fsp3) is 0.857. The summed E-state index contributed by atoms with van der Waals surface area (Å²) in [5.74, 6) is 0.270. The third-order valence-corrected chi connectivity index (χ3v) is 3.60. The molecule has 1 aliphatic heterocycles. The Bertz CT molecular complexity index is 284. The van der Waals surface area contributed by atoms with Gasteiger partial charge in [0.05, 0.1) is 0 Å². The zero-order chi connectivity index (χ0) is 14.1. The van der Waals surface area contributed by atoms with Crippen molar-refractivity contribution in [1.82, 2.24) is 15.5 Å². The monoisotopic (exact) mass is 269 g/mol. The minimum absolute atomic E-state index is 0.0923. The van der Waals surface area contributed by atoms with Crippen LogP contribution in [-0.2, 0) is 9.59 Å². The van der Waals surface area contributed by atoms with E-state index in [1.807, 2.05) is 18.7 Å². The molecule has 1 rings (SSSR count). The summed E-state index contributed by atoms with van der Waals surface area (Å²) in [6.45, 7) is 7.11. The number of hydrogen-bond acceptors (Lipinski definition) is 3. The maximum Gasteiger partial charge on any atom is 0.222 e. The summed E-state index contributed by atoms with van der Waals surface area (Å²) < 4.78 is 0. The van der Waals surface area contributed by atoms with E-state index in [0.29, 0.717) is 25.4 Å². The van der Waals surface area contributed by atoms with Gasteiger partial charge in [0, 0.05) is 38.5 Å². The fourth-order valence-electron chi connectivity index (χ4n) is 2.43. The number of nitrogens with zero attached hydrogens (tertiary/aromatic N) is 1. The first kappa shape index (κ1) is 16.0. The molecule has 5 nitrogen and oxygen atoms in total. The van der Waals surface area contributed by atoms with Gasteiger partial charge in [-0.2, -0.15) is 0 Å². The highest BCUT2D eigenvalue weighted by Crippen LogP contribution is 2.08. The Labute approximate surface area is 116 Å². The van der Waals surface area contributed by atoms with E-state index in [0.717, 1.165) is 38.9 Å². The highest BCUT2D eigenvalue weighted by Gasteiger charge is 2.17. The topological polar surface area (TPSA) is 61.4 Å². The first-order valence-corrected chi connectivity index (χ1v) is 7.45. The van der Waals surface area contributed by atoms with E-state index in [1.165, 1.54) is 0 Å². The Morgan fingerprint density at radius 2 is 2.05 bits per heavy atom. The molecule has 1 fully saturated rings. The highest BCUT2D eigenvalue weighted by molar-refractivity contribution is 5.77. The predicted molar refractivity (Wildman–Crippen MR) is 75.8 cm³/mol. The van der Waals surface area contributed by atoms with Crippen molar-refractivity contribution in [2.75, 3.05) is 26.2 Å². The molecule has 0 bridgehead atoms. The summed E-state index contributed by atoms with van der Waals surface area (Å²) in [5.41, 5.74) is 0. The molecule has 0 aromatic rings. The lowest BCUT2D eigenvalue weighted by Gasteiger charge is -2.18. The van der Waals surface area contributed by atoms with Gasteiger partial charge in [-0.25, -0.2) is 0 Å². The second-order valence-electron chi connectivity index (χ2n) is 5.02. The molecule has 19 heavy (non-hydrogen) atoms. The van der Waals surface area contributed by atoms with E-state index in [1.54, 1.807) is 0 Å². The van der Waals surface area contributed by atoms with Crippen molar-refractivity contribution in [2.45, 2.75) is 52.0 Å². The molecule has 1 unspecified atom stereocenters. The molecule has 110 valence electrons. The lowest BCUT2D eigenvalue weighted by Crippen LogP contribution is -2.33. The molecule has 2 amide bonds. The van der Waals surface area contributed by atoms with Gasteiger partial charge in [-0.1, -0.05) is 0 Å². The molecular weight excluding hydrogens is 242 g/mol. The van der Waals surface area contributed by atoms with Crippen LogP contribution in [0.1, 0.15) is 46.0 Å². The number of hydrogen-bond donors (Lipinski definition) is 2. The molecule has 0 aromatic carbocycles. The van der Waals surface area contributed by atoms with Crippen molar-refractivity contribution in [1.29, 1.82) is 0 Å². The third kappa shape index (κ3) is 6.05. The van der Waals surface area contributed by atoms with Gasteiger partial charge in [-0.15, -0.1) is 0 Å². The average Bonchev–Trinajstić information content (AvgIpc) is 2.89. The summed E-state index contributed by atoms with van der Waals surface area (Å²) in [4.78, 5) is 25.2. The lowest BCUT2D eigenvalue weighted by molar-refractivity contribution is -0.131. The second-order valence-corrected chi connectivity index (χ2v) is 5.02.